The number of rotatable bonds is 2. The van der Waals surface area contributed by atoms with E-state index >= 15 is 0 Å². The van der Waals surface area contributed by atoms with Crippen molar-refractivity contribution in [3.05, 3.63) is 28.4 Å². The van der Waals surface area contributed by atoms with Crippen molar-refractivity contribution in [1.29, 1.82) is 0 Å². The lowest BCUT2D eigenvalue weighted by atomic mass is 10.0. The highest BCUT2D eigenvalue weighted by Gasteiger charge is 2.27. The minimum Gasteiger partial charge on any atom is -0.444 e. The SMILES string of the molecule is C[C@@H]1C=C(/C=C/c2nc(=S)o[nH]2)CCN1C(=O)OC(C)(C)C. The zero-order chi connectivity index (χ0) is 16.3. The lowest BCUT2D eigenvalue weighted by Gasteiger charge is -2.33. The van der Waals surface area contributed by atoms with Crippen LogP contribution in [0.1, 0.15) is 39.9 Å². The maximum atomic E-state index is 12.1. The Kier molecular flexibility index (Phi) is 4.85. The van der Waals surface area contributed by atoms with Gasteiger partial charge in [-0.25, -0.2) is 9.95 Å². The van der Waals surface area contributed by atoms with Gasteiger partial charge in [0.05, 0.1) is 6.04 Å². The van der Waals surface area contributed by atoms with Crippen molar-refractivity contribution in [2.75, 3.05) is 6.54 Å². The van der Waals surface area contributed by atoms with Gasteiger partial charge in [-0.15, -0.1) is 0 Å². The number of aromatic amines is 1. The largest absolute Gasteiger partial charge is 0.444 e. The smallest absolute Gasteiger partial charge is 0.410 e. The molecule has 2 rings (SSSR count). The van der Waals surface area contributed by atoms with Gasteiger partial charge in [-0.05, 0) is 58.0 Å². The van der Waals surface area contributed by atoms with Crippen LogP contribution in [0.3, 0.4) is 0 Å². The van der Waals surface area contributed by atoms with E-state index in [4.69, 9.17) is 21.5 Å². The molecule has 6 nitrogen and oxygen atoms in total. The van der Waals surface area contributed by atoms with Crippen LogP contribution in [0.4, 0.5) is 4.79 Å². The third kappa shape index (κ3) is 4.56. The van der Waals surface area contributed by atoms with Crippen LogP contribution in [0.25, 0.3) is 6.08 Å². The Balaban J connectivity index is 2.01. The van der Waals surface area contributed by atoms with E-state index in [0.29, 0.717) is 12.4 Å². The quantitative estimate of drug-likeness (QED) is 0.840. The Morgan fingerprint density at radius 1 is 1.55 bits per heavy atom. The molecule has 0 unspecified atom stereocenters. The highest BCUT2D eigenvalue weighted by atomic mass is 32.1. The molecule has 0 saturated heterocycles. The maximum absolute atomic E-state index is 12.1. The lowest BCUT2D eigenvalue weighted by Crippen LogP contribution is -2.43. The van der Waals surface area contributed by atoms with E-state index in [1.807, 2.05) is 39.8 Å². The van der Waals surface area contributed by atoms with Gasteiger partial charge in [-0.2, -0.15) is 4.98 Å². The van der Waals surface area contributed by atoms with Crippen LogP contribution >= 0.6 is 12.2 Å². The average molecular weight is 323 g/mol. The van der Waals surface area contributed by atoms with Crippen molar-refractivity contribution < 1.29 is 14.1 Å². The third-order valence-corrected chi connectivity index (χ3v) is 3.30. The predicted octanol–water partition coefficient (Wildman–Crippen LogP) is 3.70. The number of hydrogen-bond donors (Lipinski definition) is 1. The zero-order valence-corrected chi connectivity index (χ0v) is 14.1. The van der Waals surface area contributed by atoms with Crippen molar-refractivity contribution in [3.63, 3.8) is 0 Å². The summed E-state index contributed by atoms with van der Waals surface area (Å²) in [5.41, 5.74) is 0.653. The van der Waals surface area contributed by atoms with Crippen LogP contribution in [0.2, 0.25) is 0 Å². The zero-order valence-electron chi connectivity index (χ0n) is 13.3. The summed E-state index contributed by atoms with van der Waals surface area (Å²) in [6.45, 7) is 8.20. The van der Waals surface area contributed by atoms with E-state index in [1.165, 1.54) is 0 Å². The van der Waals surface area contributed by atoms with Crippen LogP contribution in [0, 0.1) is 4.84 Å². The summed E-state index contributed by atoms with van der Waals surface area (Å²) in [6.07, 6.45) is 6.28. The molecule has 1 aromatic heterocycles. The molecule has 0 aliphatic carbocycles. The molecule has 0 aromatic carbocycles. The number of amides is 1. The predicted molar refractivity (Wildman–Crippen MR) is 85.8 cm³/mol. The molecule has 22 heavy (non-hydrogen) atoms. The van der Waals surface area contributed by atoms with Crippen LogP contribution in [0.5, 0.6) is 0 Å². The number of ether oxygens (including phenoxy) is 1. The molecule has 1 aliphatic rings. The molecule has 1 aliphatic heterocycles. The first-order valence-electron chi connectivity index (χ1n) is 7.18. The summed E-state index contributed by atoms with van der Waals surface area (Å²) in [7, 11) is 0. The highest BCUT2D eigenvalue weighted by Crippen LogP contribution is 2.20. The molecule has 120 valence electrons. The fraction of sp³-hybridized carbons (Fsp3) is 0.533. The fourth-order valence-corrected chi connectivity index (χ4v) is 2.29. The number of aromatic nitrogens is 2. The van der Waals surface area contributed by atoms with E-state index in [0.717, 1.165) is 12.0 Å². The van der Waals surface area contributed by atoms with Gasteiger partial charge in [0, 0.05) is 6.54 Å². The molecular formula is C15H21N3O3S. The molecule has 1 atom stereocenters. The first kappa shape index (κ1) is 16.5. The van der Waals surface area contributed by atoms with Crippen LogP contribution in [-0.2, 0) is 4.74 Å². The number of nitrogens with one attached hydrogen (secondary N) is 1. The molecule has 1 N–H and O–H groups in total. The Labute approximate surface area is 134 Å². The van der Waals surface area contributed by atoms with E-state index in [2.05, 4.69) is 10.1 Å². The Morgan fingerprint density at radius 2 is 2.27 bits per heavy atom. The second-order valence-corrected chi connectivity index (χ2v) is 6.56. The van der Waals surface area contributed by atoms with E-state index in [-0.39, 0.29) is 17.0 Å². The number of carbonyl (C=O) groups is 1. The number of carbonyl (C=O) groups excluding carboxylic acids is 1. The molecule has 0 bridgehead atoms. The molecule has 2 heterocycles. The van der Waals surface area contributed by atoms with Gasteiger partial charge in [-0.1, -0.05) is 12.2 Å². The summed E-state index contributed by atoms with van der Waals surface area (Å²) in [5.74, 6) is 0.577. The lowest BCUT2D eigenvalue weighted by molar-refractivity contribution is 0.0204. The van der Waals surface area contributed by atoms with Gasteiger partial charge in [-0.3, -0.25) is 0 Å². The molecule has 0 radical (unpaired) electrons. The summed E-state index contributed by atoms with van der Waals surface area (Å²) >= 11 is 4.79. The Bertz CT molecular complexity index is 651. The molecule has 1 amide bonds. The van der Waals surface area contributed by atoms with Gasteiger partial charge < -0.3 is 14.2 Å². The minimum atomic E-state index is -0.481. The second kappa shape index (κ2) is 6.48. The fourth-order valence-electron chi connectivity index (χ4n) is 2.15. The topological polar surface area (TPSA) is 71.4 Å². The van der Waals surface area contributed by atoms with Crippen LogP contribution in [0.15, 0.2) is 22.2 Å². The molecular weight excluding hydrogens is 302 g/mol. The second-order valence-electron chi connectivity index (χ2n) is 6.21. The van der Waals surface area contributed by atoms with Crippen molar-refractivity contribution in [2.45, 2.75) is 45.8 Å². The number of hydrogen-bond acceptors (Lipinski definition) is 5. The van der Waals surface area contributed by atoms with E-state index < -0.39 is 5.60 Å². The normalized spacial score (nSPS) is 19.4. The van der Waals surface area contributed by atoms with Gasteiger partial charge in [0.1, 0.15) is 5.60 Å². The molecule has 0 fully saturated rings. The van der Waals surface area contributed by atoms with Gasteiger partial charge in [0.2, 0.25) is 0 Å². The van der Waals surface area contributed by atoms with Crippen molar-refractivity contribution in [1.82, 2.24) is 15.0 Å². The summed E-state index contributed by atoms with van der Waals surface area (Å²) < 4.78 is 10.3. The Morgan fingerprint density at radius 3 is 2.82 bits per heavy atom. The van der Waals surface area contributed by atoms with Crippen molar-refractivity contribution >= 4 is 24.4 Å². The Hall–Kier alpha value is -1.89. The third-order valence-electron chi connectivity index (χ3n) is 3.13. The first-order chi connectivity index (χ1) is 10.2. The summed E-state index contributed by atoms with van der Waals surface area (Å²) in [4.78, 5) is 18.0. The molecule has 0 spiro atoms. The molecule has 1 aromatic rings. The minimum absolute atomic E-state index is 0.0148. The molecule has 0 saturated carbocycles. The van der Waals surface area contributed by atoms with Gasteiger partial charge >= 0.3 is 10.9 Å². The van der Waals surface area contributed by atoms with Crippen molar-refractivity contribution in [3.8, 4) is 0 Å². The number of allylic oxidation sites excluding steroid dienone is 1. The average Bonchev–Trinajstić information content (AvgIpc) is 2.80. The van der Waals surface area contributed by atoms with E-state index in [9.17, 15) is 4.79 Å². The number of nitrogens with zero attached hydrogens (tertiary/aromatic N) is 2. The standard InChI is InChI=1S/C15H21N3O3S/c1-10-9-11(5-6-12-16-13(22)21-17-12)7-8-18(10)14(19)20-15(2,3)4/h5-6,9-10H,7-8H2,1-4H3,(H,16,17,22)/b6-5+/t10-/m1/s1. The molecule has 7 heteroatoms. The van der Waals surface area contributed by atoms with Crippen LogP contribution < -0.4 is 0 Å². The maximum Gasteiger partial charge on any atom is 0.410 e. The first-order valence-corrected chi connectivity index (χ1v) is 7.59. The van der Waals surface area contributed by atoms with E-state index in [1.54, 1.807) is 11.0 Å². The monoisotopic (exact) mass is 323 g/mol. The number of H-pyrrole nitrogens is 1. The highest BCUT2D eigenvalue weighted by molar-refractivity contribution is 7.71. The summed E-state index contributed by atoms with van der Waals surface area (Å²) in [5, 5.41) is 2.62. The van der Waals surface area contributed by atoms with Gasteiger partial charge in [0.25, 0.3) is 0 Å². The van der Waals surface area contributed by atoms with Crippen LogP contribution in [-0.4, -0.2) is 39.3 Å². The van der Waals surface area contributed by atoms with Crippen molar-refractivity contribution in [2.24, 2.45) is 0 Å². The summed E-state index contributed by atoms with van der Waals surface area (Å²) in [6, 6.07) is -0.0148. The van der Waals surface area contributed by atoms with Gasteiger partial charge in [0.15, 0.2) is 5.82 Å².